The highest BCUT2D eigenvalue weighted by molar-refractivity contribution is 6.35. The second-order valence-electron chi connectivity index (χ2n) is 5.23. The molecule has 0 unspecified atom stereocenters. The fourth-order valence-corrected chi connectivity index (χ4v) is 2.24. The molecule has 0 bridgehead atoms. The Balaban J connectivity index is 1.83. The quantitative estimate of drug-likeness (QED) is 0.516. The molecule has 1 aromatic carbocycles. The molecule has 6 heteroatoms. The van der Waals surface area contributed by atoms with E-state index >= 15 is 0 Å². The Hall–Kier alpha value is -1.88. The fraction of sp³-hybridized carbons (Fsp3) is 0.400. The fourth-order valence-electron chi connectivity index (χ4n) is 2.12. The van der Waals surface area contributed by atoms with Crippen molar-refractivity contribution in [3.63, 3.8) is 0 Å². The molecule has 2 rings (SSSR count). The SMILES string of the molecule is CC1CCN(C(=O)C(=O)NN=Cc2ccc(Cl)cc2)CC1. The lowest BCUT2D eigenvalue weighted by atomic mass is 9.99. The van der Waals surface area contributed by atoms with Gasteiger partial charge in [-0.25, -0.2) is 5.43 Å². The van der Waals surface area contributed by atoms with E-state index in [1.54, 1.807) is 29.2 Å². The molecule has 1 N–H and O–H groups in total. The van der Waals surface area contributed by atoms with Crippen LogP contribution in [-0.4, -0.2) is 36.0 Å². The molecule has 21 heavy (non-hydrogen) atoms. The number of hydrogen-bond donors (Lipinski definition) is 1. The van der Waals surface area contributed by atoms with E-state index in [0.717, 1.165) is 18.4 Å². The molecule has 0 aromatic heterocycles. The Bertz CT molecular complexity index is 534. The van der Waals surface area contributed by atoms with Crippen LogP contribution in [0.25, 0.3) is 0 Å². The first-order valence-electron chi connectivity index (χ1n) is 6.94. The van der Waals surface area contributed by atoms with Crippen LogP contribution in [0.15, 0.2) is 29.4 Å². The number of nitrogens with one attached hydrogen (secondary N) is 1. The van der Waals surface area contributed by atoms with E-state index in [1.165, 1.54) is 6.21 Å². The third kappa shape index (κ3) is 4.56. The Morgan fingerprint density at radius 2 is 1.90 bits per heavy atom. The summed E-state index contributed by atoms with van der Waals surface area (Å²) in [4.78, 5) is 25.2. The average Bonchev–Trinajstić information content (AvgIpc) is 2.49. The summed E-state index contributed by atoms with van der Waals surface area (Å²) in [6, 6.07) is 6.99. The van der Waals surface area contributed by atoms with Crippen molar-refractivity contribution in [2.45, 2.75) is 19.8 Å². The number of hydrogen-bond acceptors (Lipinski definition) is 3. The summed E-state index contributed by atoms with van der Waals surface area (Å²) in [5, 5.41) is 4.42. The van der Waals surface area contributed by atoms with Gasteiger partial charge >= 0.3 is 11.8 Å². The van der Waals surface area contributed by atoms with Crippen LogP contribution in [0, 0.1) is 5.92 Å². The topological polar surface area (TPSA) is 61.8 Å². The lowest BCUT2D eigenvalue weighted by molar-refractivity contribution is -0.146. The van der Waals surface area contributed by atoms with Gasteiger partial charge in [0.05, 0.1) is 6.21 Å². The summed E-state index contributed by atoms with van der Waals surface area (Å²) < 4.78 is 0. The zero-order chi connectivity index (χ0) is 15.2. The Morgan fingerprint density at radius 1 is 1.29 bits per heavy atom. The van der Waals surface area contributed by atoms with Crippen molar-refractivity contribution in [1.82, 2.24) is 10.3 Å². The Kier molecular flexibility index (Phi) is 5.33. The maximum absolute atomic E-state index is 11.9. The summed E-state index contributed by atoms with van der Waals surface area (Å²) in [6.45, 7) is 3.42. The lowest BCUT2D eigenvalue weighted by Gasteiger charge is -2.29. The second kappa shape index (κ2) is 7.22. The number of likely N-dealkylation sites (tertiary alicyclic amines) is 1. The summed E-state index contributed by atoms with van der Waals surface area (Å²) >= 11 is 5.77. The summed E-state index contributed by atoms with van der Waals surface area (Å²) in [5.41, 5.74) is 3.05. The van der Waals surface area contributed by atoms with Gasteiger partial charge in [-0.1, -0.05) is 30.7 Å². The molecule has 1 aliphatic rings. The minimum absolute atomic E-state index is 0.518. The molecule has 5 nitrogen and oxygen atoms in total. The van der Waals surface area contributed by atoms with Gasteiger partial charge in [-0.3, -0.25) is 9.59 Å². The third-order valence-corrected chi connectivity index (χ3v) is 3.77. The van der Waals surface area contributed by atoms with E-state index in [2.05, 4.69) is 17.5 Å². The zero-order valence-electron chi connectivity index (χ0n) is 11.9. The highest BCUT2D eigenvalue weighted by Crippen LogP contribution is 2.15. The second-order valence-corrected chi connectivity index (χ2v) is 5.66. The highest BCUT2D eigenvalue weighted by atomic mass is 35.5. The van der Waals surface area contributed by atoms with Crippen LogP contribution >= 0.6 is 11.6 Å². The smallest absolute Gasteiger partial charge is 0.329 e. The van der Waals surface area contributed by atoms with Crippen molar-refractivity contribution < 1.29 is 9.59 Å². The van der Waals surface area contributed by atoms with Gasteiger partial charge in [-0.15, -0.1) is 0 Å². The molecule has 0 saturated carbocycles. The standard InChI is InChI=1S/C15H18ClN3O2/c1-11-6-8-19(9-7-11)15(21)14(20)18-17-10-12-2-4-13(16)5-3-12/h2-5,10-11H,6-9H2,1H3,(H,18,20). The number of carbonyl (C=O) groups is 2. The van der Waals surface area contributed by atoms with Gasteiger partial charge in [-0.05, 0) is 36.5 Å². The van der Waals surface area contributed by atoms with Crippen LogP contribution in [0.1, 0.15) is 25.3 Å². The van der Waals surface area contributed by atoms with Crippen LogP contribution in [0.4, 0.5) is 0 Å². The van der Waals surface area contributed by atoms with Gasteiger partial charge in [0, 0.05) is 18.1 Å². The maximum Gasteiger partial charge on any atom is 0.329 e. The Labute approximate surface area is 129 Å². The van der Waals surface area contributed by atoms with Crippen molar-refractivity contribution >= 4 is 29.6 Å². The predicted octanol–water partition coefficient (Wildman–Crippen LogP) is 2.05. The highest BCUT2D eigenvalue weighted by Gasteiger charge is 2.25. The van der Waals surface area contributed by atoms with Crippen molar-refractivity contribution in [1.29, 1.82) is 0 Å². The number of benzene rings is 1. The molecule has 1 saturated heterocycles. The number of rotatable bonds is 2. The molecule has 0 atom stereocenters. The van der Waals surface area contributed by atoms with Gasteiger partial charge in [-0.2, -0.15) is 5.10 Å². The van der Waals surface area contributed by atoms with E-state index in [4.69, 9.17) is 11.6 Å². The van der Waals surface area contributed by atoms with Gasteiger partial charge in [0.2, 0.25) is 0 Å². The van der Waals surface area contributed by atoms with Crippen molar-refractivity contribution in [3.05, 3.63) is 34.9 Å². The summed E-state index contributed by atoms with van der Waals surface area (Å²) in [5.74, 6) is -0.607. The first-order valence-corrected chi connectivity index (χ1v) is 7.32. The zero-order valence-corrected chi connectivity index (χ0v) is 12.6. The van der Waals surface area contributed by atoms with Crippen LogP contribution in [-0.2, 0) is 9.59 Å². The minimum atomic E-state index is -0.699. The van der Waals surface area contributed by atoms with E-state index in [-0.39, 0.29) is 0 Å². The molecule has 1 heterocycles. The molecular formula is C15H18ClN3O2. The summed E-state index contributed by atoms with van der Waals surface area (Å²) in [7, 11) is 0. The predicted molar refractivity (Wildman–Crippen MR) is 82.2 cm³/mol. The molecule has 0 radical (unpaired) electrons. The molecule has 1 aromatic rings. The van der Waals surface area contributed by atoms with Crippen LogP contribution in [0.2, 0.25) is 5.02 Å². The normalized spacial score (nSPS) is 16.2. The van der Waals surface area contributed by atoms with E-state index in [0.29, 0.717) is 24.0 Å². The number of halogens is 1. The number of piperidine rings is 1. The minimum Gasteiger partial charge on any atom is -0.334 e. The lowest BCUT2D eigenvalue weighted by Crippen LogP contribution is -2.45. The van der Waals surface area contributed by atoms with E-state index < -0.39 is 11.8 Å². The third-order valence-electron chi connectivity index (χ3n) is 3.51. The molecule has 112 valence electrons. The first-order chi connectivity index (χ1) is 10.1. The van der Waals surface area contributed by atoms with Gasteiger partial charge in [0.25, 0.3) is 0 Å². The van der Waals surface area contributed by atoms with Crippen LogP contribution in [0.3, 0.4) is 0 Å². The van der Waals surface area contributed by atoms with Crippen LogP contribution in [0.5, 0.6) is 0 Å². The number of carbonyl (C=O) groups excluding carboxylic acids is 2. The van der Waals surface area contributed by atoms with Gasteiger partial charge < -0.3 is 4.90 Å². The van der Waals surface area contributed by atoms with E-state index in [1.807, 2.05) is 0 Å². The van der Waals surface area contributed by atoms with Crippen molar-refractivity contribution in [3.8, 4) is 0 Å². The van der Waals surface area contributed by atoms with Crippen molar-refractivity contribution in [2.75, 3.05) is 13.1 Å². The molecule has 0 aliphatic carbocycles. The average molecular weight is 308 g/mol. The number of nitrogens with zero attached hydrogens (tertiary/aromatic N) is 2. The number of hydrazone groups is 1. The molecule has 0 spiro atoms. The van der Waals surface area contributed by atoms with Gasteiger partial charge in [0.1, 0.15) is 0 Å². The molecule has 2 amide bonds. The van der Waals surface area contributed by atoms with Crippen molar-refractivity contribution in [2.24, 2.45) is 11.0 Å². The molecular weight excluding hydrogens is 290 g/mol. The molecule has 1 aliphatic heterocycles. The van der Waals surface area contributed by atoms with Gasteiger partial charge in [0.15, 0.2) is 0 Å². The Morgan fingerprint density at radius 3 is 2.52 bits per heavy atom. The summed E-state index contributed by atoms with van der Waals surface area (Å²) in [6.07, 6.45) is 3.35. The maximum atomic E-state index is 11.9. The molecule has 1 fully saturated rings. The van der Waals surface area contributed by atoms with Crippen LogP contribution < -0.4 is 5.43 Å². The monoisotopic (exact) mass is 307 g/mol. The largest absolute Gasteiger partial charge is 0.334 e. The first kappa shape index (κ1) is 15.5. The number of amides is 2. The van der Waals surface area contributed by atoms with E-state index in [9.17, 15) is 9.59 Å².